The molecule has 1 N–H and O–H groups in total. The second-order valence-electron chi connectivity index (χ2n) is 6.28. The molecule has 1 saturated heterocycles. The van der Waals surface area contributed by atoms with Gasteiger partial charge in [-0.2, -0.15) is 0 Å². The zero-order valence-electron chi connectivity index (χ0n) is 14.6. The first-order valence-corrected chi connectivity index (χ1v) is 8.12. The zero-order chi connectivity index (χ0) is 18.0. The van der Waals surface area contributed by atoms with Gasteiger partial charge in [-0.1, -0.05) is 5.16 Å². The Hall–Kier alpha value is -2.54. The highest BCUT2D eigenvalue weighted by molar-refractivity contribution is 5.95. The minimum Gasteiger partial charge on any atom is -0.497 e. The monoisotopic (exact) mass is 346 g/mol. The molecule has 1 amide bonds. The predicted molar refractivity (Wildman–Crippen MR) is 89.9 cm³/mol. The van der Waals surface area contributed by atoms with Gasteiger partial charge in [0.05, 0.1) is 26.0 Å². The van der Waals surface area contributed by atoms with Gasteiger partial charge in [-0.25, -0.2) is 0 Å². The average molecular weight is 346 g/mol. The molecule has 0 saturated carbocycles. The third-order valence-corrected chi connectivity index (χ3v) is 4.43. The van der Waals surface area contributed by atoms with Gasteiger partial charge in [-0.3, -0.25) is 4.79 Å². The van der Waals surface area contributed by atoms with Crippen molar-refractivity contribution in [2.24, 2.45) is 5.92 Å². The molecular weight excluding hydrogens is 324 g/mol. The molecule has 1 aliphatic rings. The molecule has 0 spiro atoms. The van der Waals surface area contributed by atoms with Gasteiger partial charge >= 0.3 is 0 Å². The minimum atomic E-state index is -0.596. The fraction of sp³-hybridized carbons (Fsp3) is 0.444. The maximum atomic E-state index is 12.8. The van der Waals surface area contributed by atoms with E-state index in [2.05, 4.69) is 5.16 Å². The number of likely N-dealkylation sites (tertiary alicyclic amines) is 1. The van der Waals surface area contributed by atoms with Crippen LogP contribution >= 0.6 is 0 Å². The number of hydrogen-bond donors (Lipinski definition) is 1. The number of amides is 1. The Labute approximate surface area is 146 Å². The van der Waals surface area contributed by atoms with Gasteiger partial charge in [-0.15, -0.1) is 0 Å². The topological polar surface area (TPSA) is 85.0 Å². The first-order valence-electron chi connectivity index (χ1n) is 8.12. The van der Waals surface area contributed by atoms with Crippen molar-refractivity contribution in [1.82, 2.24) is 10.1 Å². The molecule has 1 aliphatic heterocycles. The number of carbonyl (C=O) groups excluding carboxylic acids is 1. The summed E-state index contributed by atoms with van der Waals surface area (Å²) in [5, 5.41) is 14.2. The maximum Gasteiger partial charge on any atom is 0.254 e. The molecule has 2 heterocycles. The number of hydrogen-bond acceptors (Lipinski definition) is 6. The summed E-state index contributed by atoms with van der Waals surface area (Å²) in [4.78, 5) is 14.4. The van der Waals surface area contributed by atoms with E-state index in [4.69, 9.17) is 14.0 Å². The van der Waals surface area contributed by atoms with Crippen molar-refractivity contribution in [2.45, 2.75) is 19.4 Å². The van der Waals surface area contributed by atoms with Gasteiger partial charge in [0.1, 0.15) is 17.3 Å². The predicted octanol–water partition coefficient (Wildman–Crippen LogP) is 1.68. The number of methoxy groups -OCH3 is 2. The Morgan fingerprint density at radius 1 is 1.24 bits per heavy atom. The molecule has 1 fully saturated rings. The first kappa shape index (κ1) is 17.3. The van der Waals surface area contributed by atoms with Gasteiger partial charge in [0.15, 0.2) is 0 Å². The van der Waals surface area contributed by atoms with Crippen LogP contribution in [-0.4, -0.2) is 54.5 Å². The quantitative estimate of drug-likeness (QED) is 0.887. The summed E-state index contributed by atoms with van der Waals surface area (Å²) in [7, 11) is 3.08. The lowest BCUT2D eigenvalue weighted by molar-refractivity contribution is 0.0764. The summed E-state index contributed by atoms with van der Waals surface area (Å²) in [6.07, 6.45) is -0.0467. The Kier molecular flexibility index (Phi) is 4.94. The Morgan fingerprint density at radius 3 is 2.48 bits per heavy atom. The van der Waals surface area contributed by atoms with Gasteiger partial charge in [-0.05, 0) is 19.1 Å². The SMILES string of the molecule is COc1cc(OC)cc(C(=O)N2C[C@@H](Cc3cc(C)no3)[C@H](O)C2)c1. The van der Waals surface area contributed by atoms with Gasteiger partial charge in [0.2, 0.25) is 0 Å². The third kappa shape index (κ3) is 3.76. The Morgan fingerprint density at radius 2 is 1.92 bits per heavy atom. The molecule has 134 valence electrons. The molecular formula is C18H22N2O5. The molecule has 1 aromatic heterocycles. The number of carbonyl (C=O) groups is 1. The summed E-state index contributed by atoms with van der Waals surface area (Å²) in [6.45, 7) is 2.60. The van der Waals surface area contributed by atoms with E-state index in [0.717, 1.165) is 11.5 Å². The van der Waals surface area contributed by atoms with Gasteiger partial charge in [0.25, 0.3) is 5.91 Å². The van der Waals surface area contributed by atoms with E-state index in [0.29, 0.717) is 30.0 Å². The molecule has 2 atom stereocenters. The van der Waals surface area contributed by atoms with Crippen LogP contribution in [0.15, 0.2) is 28.8 Å². The van der Waals surface area contributed by atoms with E-state index in [-0.39, 0.29) is 18.4 Å². The highest BCUT2D eigenvalue weighted by atomic mass is 16.5. The van der Waals surface area contributed by atoms with E-state index in [1.807, 2.05) is 13.0 Å². The normalized spacial score (nSPS) is 19.9. The van der Waals surface area contributed by atoms with Crippen molar-refractivity contribution in [3.63, 3.8) is 0 Å². The Bertz CT molecular complexity index is 735. The average Bonchev–Trinajstić information content (AvgIpc) is 3.19. The van der Waals surface area contributed by atoms with Crippen LogP contribution < -0.4 is 9.47 Å². The molecule has 25 heavy (non-hydrogen) atoms. The van der Waals surface area contributed by atoms with Crippen LogP contribution in [0.4, 0.5) is 0 Å². The maximum absolute atomic E-state index is 12.8. The van der Waals surface area contributed by atoms with E-state index in [1.165, 1.54) is 14.2 Å². The molecule has 0 radical (unpaired) electrons. The lowest BCUT2D eigenvalue weighted by Gasteiger charge is -2.17. The number of aromatic nitrogens is 1. The number of aryl methyl sites for hydroxylation is 1. The zero-order valence-corrected chi connectivity index (χ0v) is 14.6. The number of nitrogens with zero attached hydrogens (tertiary/aromatic N) is 2. The number of β-amino-alcohol motifs (C(OH)–C–C–N with tert-alkyl or cyclic N) is 1. The summed E-state index contributed by atoms with van der Waals surface area (Å²) in [6, 6.07) is 6.91. The number of aliphatic hydroxyl groups excluding tert-OH is 1. The van der Waals surface area contributed by atoms with Crippen molar-refractivity contribution >= 4 is 5.91 Å². The Balaban J connectivity index is 1.73. The molecule has 0 unspecified atom stereocenters. The van der Waals surface area contributed by atoms with Crippen LogP contribution in [0.3, 0.4) is 0 Å². The van der Waals surface area contributed by atoms with Crippen LogP contribution in [0.2, 0.25) is 0 Å². The lowest BCUT2D eigenvalue weighted by Crippen LogP contribution is -2.29. The van der Waals surface area contributed by atoms with E-state index in [1.54, 1.807) is 23.1 Å². The molecule has 0 aliphatic carbocycles. The fourth-order valence-electron chi connectivity index (χ4n) is 3.10. The van der Waals surface area contributed by atoms with Crippen molar-refractivity contribution in [3.8, 4) is 11.5 Å². The van der Waals surface area contributed by atoms with Crippen LogP contribution in [0.25, 0.3) is 0 Å². The van der Waals surface area contributed by atoms with E-state index in [9.17, 15) is 9.90 Å². The number of aliphatic hydroxyl groups is 1. The minimum absolute atomic E-state index is 0.0798. The summed E-state index contributed by atoms with van der Waals surface area (Å²) in [5.74, 6) is 1.59. The lowest BCUT2D eigenvalue weighted by atomic mass is 10.0. The molecule has 7 heteroatoms. The van der Waals surface area contributed by atoms with Crippen molar-refractivity contribution in [3.05, 3.63) is 41.3 Å². The highest BCUT2D eigenvalue weighted by Gasteiger charge is 2.35. The van der Waals surface area contributed by atoms with Gasteiger partial charge in [0, 0.05) is 43.1 Å². The standard InChI is InChI=1S/C18H22N2O5/c1-11-4-16(25-19-11)7-13-9-20(10-17(13)21)18(22)12-5-14(23-2)8-15(6-12)24-3/h4-6,8,13,17,21H,7,9-10H2,1-3H3/t13-,17-/m1/s1. The summed E-state index contributed by atoms with van der Waals surface area (Å²) < 4.78 is 15.6. The molecule has 7 nitrogen and oxygen atoms in total. The fourth-order valence-corrected chi connectivity index (χ4v) is 3.10. The van der Waals surface area contributed by atoms with Gasteiger partial charge < -0.3 is 24.0 Å². The second kappa shape index (κ2) is 7.14. The van der Waals surface area contributed by atoms with E-state index >= 15 is 0 Å². The van der Waals surface area contributed by atoms with Crippen molar-refractivity contribution < 1.29 is 23.9 Å². The summed E-state index contributed by atoms with van der Waals surface area (Å²) in [5.41, 5.74) is 1.28. The largest absolute Gasteiger partial charge is 0.497 e. The van der Waals surface area contributed by atoms with Crippen LogP contribution in [0.5, 0.6) is 11.5 Å². The molecule has 2 aromatic rings. The highest BCUT2D eigenvalue weighted by Crippen LogP contribution is 2.27. The molecule has 1 aromatic carbocycles. The van der Waals surface area contributed by atoms with Crippen LogP contribution in [0.1, 0.15) is 21.8 Å². The number of benzene rings is 1. The third-order valence-electron chi connectivity index (χ3n) is 4.43. The summed E-state index contributed by atoms with van der Waals surface area (Å²) >= 11 is 0. The number of rotatable bonds is 5. The molecule has 0 bridgehead atoms. The van der Waals surface area contributed by atoms with E-state index < -0.39 is 6.10 Å². The first-order chi connectivity index (χ1) is 12.0. The number of ether oxygens (including phenoxy) is 2. The second-order valence-corrected chi connectivity index (χ2v) is 6.28. The van der Waals surface area contributed by atoms with Crippen molar-refractivity contribution in [1.29, 1.82) is 0 Å². The van der Waals surface area contributed by atoms with Crippen LogP contribution in [0, 0.1) is 12.8 Å². The van der Waals surface area contributed by atoms with Crippen LogP contribution in [-0.2, 0) is 6.42 Å². The molecule has 3 rings (SSSR count). The van der Waals surface area contributed by atoms with Crippen molar-refractivity contribution in [2.75, 3.05) is 27.3 Å². The smallest absolute Gasteiger partial charge is 0.254 e.